The average Bonchev–Trinajstić information content (AvgIpc) is 2.52. The summed E-state index contributed by atoms with van der Waals surface area (Å²) >= 11 is 0. The number of hydrogen-bond donors (Lipinski definition) is 1. The molecule has 2 atom stereocenters. The molecule has 0 bridgehead atoms. The van der Waals surface area contributed by atoms with Crippen LogP contribution in [0.2, 0.25) is 0 Å². The molecule has 0 radical (unpaired) electrons. The van der Waals surface area contributed by atoms with E-state index in [-0.39, 0.29) is 18.1 Å². The largest absolute Gasteiger partial charge is 0.452 e. The van der Waals surface area contributed by atoms with Crippen LogP contribution in [0.3, 0.4) is 0 Å². The summed E-state index contributed by atoms with van der Waals surface area (Å²) in [5.41, 5.74) is 2.61. The van der Waals surface area contributed by atoms with Gasteiger partial charge >= 0.3 is 5.97 Å². The Bertz CT molecular complexity index is 595. The predicted molar refractivity (Wildman–Crippen MR) is 84.3 cm³/mol. The van der Waals surface area contributed by atoms with Crippen molar-refractivity contribution in [3.8, 4) is 0 Å². The Morgan fingerprint density at radius 3 is 2.43 bits per heavy atom. The van der Waals surface area contributed by atoms with Gasteiger partial charge in [0, 0.05) is 6.04 Å². The number of carbonyl (C=O) groups excluding carboxylic acids is 1. The molecule has 0 heterocycles. The van der Waals surface area contributed by atoms with Crippen LogP contribution in [0, 0.1) is 6.92 Å². The van der Waals surface area contributed by atoms with Gasteiger partial charge in [0.1, 0.15) is 6.10 Å². The average molecular weight is 283 g/mol. The van der Waals surface area contributed by atoms with E-state index < -0.39 is 0 Å². The van der Waals surface area contributed by atoms with E-state index in [1.165, 1.54) is 0 Å². The maximum atomic E-state index is 12.4. The first-order valence-electron chi connectivity index (χ1n) is 7.11. The zero-order chi connectivity index (χ0) is 15.2. The van der Waals surface area contributed by atoms with Gasteiger partial charge in [-0.3, -0.25) is 0 Å². The first kappa shape index (κ1) is 15.3. The minimum absolute atomic E-state index is 0.0289. The SMILES string of the molecule is CNC(C)C(OC(=O)c1cccc(C)c1)c1ccccc1. The summed E-state index contributed by atoms with van der Waals surface area (Å²) in [4.78, 5) is 12.4. The molecule has 0 aliphatic carbocycles. The molecule has 21 heavy (non-hydrogen) atoms. The Labute approximate surface area is 126 Å². The highest BCUT2D eigenvalue weighted by molar-refractivity contribution is 5.89. The van der Waals surface area contributed by atoms with Crippen LogP contribution in [0.15, 0.2) is 54.6 Å². The Morgan fingerprint density at radius 2 is 1.81 bits per heavy atom. The van der Waals surface area contributed by atoms with Crippen molar-refractivity contribution in [2.24, 2.45) is 0 Å². The molecule has 0 spiro atoms. The van der Waals surface area contributed by atoms with Gasteiger partial charge in [0.25, 0.3) is 0 Å². The third kappa shape index (κ3) is 3.92. The summed E-state index contributed by atoms with van der Waals surface area (Å²) in [6.45, 7) is 3.96. The van der Waals surface area contributed by atoms with Gasteiger partial charge in [-0.1, -0.05) is 48.0 Å². The van der Waals surface area contributed by atoms with E-state index >= 15 is 0 Å². The molecule has 0 saturated heterocycles. The molecular weight excluding hydrogens is 262 g/mol. The normalized spacial score (nSPS) is 13.5. The van der Waals surface area contributed by atoms with Crippen molar-refractivity contribution in [1.82, 2.24) is 5.32 Å². The smallest absolute Gasteiger partial charge is 0.338 e. The van der Waals surface area contributed by atoms with Gasteiger partial charge in [-0.15, -0.1) is 0 Å². The summed E-state index contributed by atoms with van der Waals surface area (Å²) in [5.74, 6) is -0.297. The fourth-order valence-electron chi connectivity index (χ4n) is 2.21. The van der Waals surface area contributed by atoms with Crippen molar-refractivity contribution in [3.63, 3.8) is 0 Å². The Morgan fingerprint density at radius 1 is 1.10 bits per heavy atom. The minimum Gasteiger partial charge on any atom is -0.452 e. The Hall–Kier alpha value is -2.13. The number of aryl methyl sites for hydroxylation is 1. The molecule has 2 aromatic rings. The standard InChI is InChI=1S/C18H21NO2/c1-13-8-7-11-16(12-13)18(20)21-17(14(2)19-3)15-9-5-4-6-10-15/h4-12,14,17,19H,1-3H3. The molecular formula is C18H21NO2. The number of esters is 1. The molecule has 0 amide bonds. The second-order valence-electron chi connectivity index (χ2n) is 5.18. The second-order valence-corrected chi connectivity index (χ2v) is 5.18. The summed E-state index contributed by atoms with van der Waals surface area (Å²) in [6.07, 6.45) is -0.316. The van der Waals surface area contributed by atoms with Gasteiger partial charge in [0.15, 0.2) is 0 Å². The molecule has 2 aromatic carbocycles. The van der Waals surface area contributed by atoms with E-state index in [1.54, 1.807) is 6.07 Å². The van der Waals surface area contributed by atoms with Crippen molar-refractivity contribution in [1.29, 1.82) is 0 Å². The lowest BCUT2D eigenvalue weighted by Crippen LogP contribution is -2.32. The molecule has 0 aliphatic heterocycles. The first-order chi connectivity index (χ1) is 10.1. The van der Waals surface area contributed by atoms with E-state index in [4.69, 9.17) is 4.74 Å². The second kappa shape index (κ2) is 7.04. The van der Waals surface area contributed by atoms with E-state index in [0.29, 0.717) is 5.56 Å². The zero-order valence-electron chi connectivity index (χ0n) is 12.7. The number of carbonyl (C=O) groups is 1. The first-order valence-corrected chi connectivity index (χ1v) is 7.11. The topological polar surface area (TPSA) is 38.3 Å². The third-order valence-corrected chi connectivity index (χ3v) is 3.53. The van der Waals surface area contributed by atoms with Gasteiger partial charge in [0.2, 0.25) is 0 Å². The maximum Gasteiger partial charge on any atom is 0.338 e. The molecule has 0 aromatic heterocycles. The van der Waals surface area contributed by atoms with Crippen molar-refractivity contribution in [2.75, 3.05) is 7.05 Å². The van der Waals surface area contributed by atoms with Crippen molar-refractivity contribution >= 4 is 5.97 Å². The van der Waals surface area contributed by atoms with Crippen LogP contribution in [0.5, 0.6) is 0 Å². The van der Waals surface area contributed by atoms with Crippen molar-refractivity contribution in [2.45, 2.75) is 26.0 Å². The summed E-state index contributed by atoms with van der Waals surface area (Å²) in [7, 11) is 1.86. The summed E-state index contributed by atoms with van der Waals surface area (Å²) in [6, 6.07) is 17.3. The molecule has 3 heteroatoms. The highest BCUT2D eigenvalue weighted by atomic mass is 16.5. The molecule has 0 aliphatic rings. The number of benzene rings is 2. The Kier molecular flexibility index (Phi) is 5.12. The predicted octanol–water partition coefficient (Wildman–Crippen LogP) is 3.50. The number of hydrogen-bond acceptors (Lipinski definition) is 3. The van der Waals surface area contributed by atoms with Crippen LogP contribution in [0.4, 0.5) is 0 Å². The van der Waals surface area contributed by atoms with Gasteiger partial charge in [-0.05, 0) is 38.6 Å². The molecule has 0 fully saturated rings. The van der Waals surface area contributed by atoms with E-state index in [1.807, 2.05) is 69.4 Å². The monoisotopic (exact) mass is 283 g/mol. The molecule has 110 valence electrons. The maximum absolute atomic E-state index is 12.4. The molecule has 1 N–H and O–H groups in total. The molecule has 2 rings (SSSR count). The zero-order valence-corrected chi connectivity index (χ0v) is 12.7. The van der Waals surface area contributed by atoms with E-state index in [9.17, 15) is 4.79 Å². The Balaban J connectivity index is 2.21. The third-order valence-electron chi connectivity index (χ3n) is 3.53. The van der Waals surface area contributed by atoms with Crippen LogP contribution < -0.4 is 5.32 Å². The fourth-order valence-corrected chi connectivity index (χ4v) is 2.21. The number of rotatable bonds is 5. The van der Waals surface area contributed by atoms with Gasteiger partial charge in [-0.2, -0.15) is 0 Å². The molecule has 3 nitrogen and oxygen atoms in total. The van der Waals surface area contributed by atoms with Crippen molar-refractivity contribution < 1.29 is 9.53 Å². The van der Waals surface area contributed by atoms with Gasteiger partial charge < -0.3 is 10.1 Å². The lowest BCUT2D eigenvalue weighted by molar-refractivity contribution is 0.0219. The van der Waals surface area contributed by atoms with Crippen molar-refractivity contribution in [3.05, 3.63) is 71.3 Å². The number of ether oxygens (including phenoxy) is 1. The van der Waals surface area contributed by atoms with Crippen LogP contribution >= 0.6 is 0 Å². The quantitative estimate of drug-likeness (QED) is 0.853. The fraction of sp³-hybridized carbons (Fsp3) is 0.278. The highest BCUT2D eigenvalue weighted by Gasteiger charge is 2.23. The summed E-state index contributed by atoms with van der Waals surface area (Å²) < 4.78 is 5.73. The molecule has 0 saturated carbocycles. The summed E-state index contributed by atoms with van der Waals surface area (Å²) in [5, 5.41) is 3.15. The van der Waals surface area contributed by atoms with Crippen LogP contribution in [0.1, 0.15) is 34.5 Å². The van der Waals surface area contributed by atoms with E-state index in [2.05, 4.69) is 5.32 Å². The number of likely N-dealkylation sites (N-methyl/N-ethyl adjacent to an activating group) is 1. The van der Waals surface area contributed by atoms with Crippen LogP contribution in [0.25, 0.3) is 0 Å². The highest BCUT2D eigenvalue weighted by Crippen LogP contribution is 2.23. The van der Waals surface area contributed by atoms with Crippen LogP contribution in [-0.2, 0) is 4.74 Å². The lowest BCUT2D eigenvalue weighted by Gasteiger charge is -2.24. The van der Waals surface area contributed by atoms with E-state index in [0.717, 1.165) is 11.1 Å². The lowest BCUT2D eigenvalue weighted by atomic mass is 10.0. The van der Waals surface area contributed by atoms with Crippen LogP contribution in [-0.4, -0.2) is 19.1 Å². The number of nitrogens with one attached hydrogen (secondary N) is 1. The molecule has 2 unspecified atom stereocenters. The minimum atomic E-state index is -0.316. The van der Waals surface area contributed by atoms with Gasteiger partial charge in [0.05, 0.1) is 5.56 Å². The van der Waals surface area contributed by atoms with Gasteiger partial charge in [-0.25, -0.2) is 4.79 Å².